The summed E-state index contributed by atoms with van der Waals surface area (Å²) in [5.41, 5.74) is 1.72. The summed E-state index contributed by atoms with van der Waals surface area (Å²) in [4.78, 5) is 27.1. The van der Waals surface area contributed by atoms with Crippen LogP contribution in [0.1, 0.15) is 5.56 Å². The highest BCUT2D eigenvalue weighted by Crippen LogP contribution is 2.42. The Morgan fingerprint density at radius 2 is 2.16 bits per heavy atom. The van der Waals surface area contributed by atoms with Gasteiger partial charge in [0.05, 0.1) is 10.0 Å². The van der Waals surface area contributed by atoms with Gasteiger partial charge in [0.2, 0.25) is 5.16 Å². The number of aryl methyl sites for hydroxylation is 1. The molecule has 2 atom stereocenters. The van der Waals surface area contributed by atoms with Crippen molar-refractivity contribution >= 4 is 58.6 Å². The molecule has 0 saturated carbocycles. The first kappa shape index (κ1) is 22.4. The maximum atomic E-state index is 13.1. The van der Waals surface area contributed by atoms with E-state index < -0.39 is 12.1 Å². The van der Waals surface area contributed by atoms with Crippen LogP contribution in [0.4, 0.5) is 0 Å². The molecule has 0 radical (unpaired) electrons. The first-order chi connectivity index (χ1) is 14.9. The molecule has 0 unspecified atom stereocenters. The molecule has 0 N–H and O–H groups in total. The number of nitrogens with zero attached hydrogens (tertiary/aromatic N) is 5. The third-order valence-corrected chi connectivity index (χ3v) is 7.91. The SMILES string of the molecule is CO[C@H]1C(=O)N2C(C(=O)OCc3ccc(Cl)c(Cl)c3)=C(CSc3nnnn3C)CS[C@H]12. The molecule has 1 saturated heterocycles. The van der Waals surface area contributed by atoms with Crippen LogP contribution in [0.25, 0.3) is 0 Å². The number of hydrogen-bond acceptors (Lipinski definition) is 9. The van der Waals surface area contributed by atoms with Crippen molar-refractivity contribution in [2.45, 2.75) is 23.2 Å². The number of aromatic nitrogens is 4. The normalized spacial score (nSPS) is 20.5. The third-order valence-electron chi connectivity index (χ3n) is 4.76. The van der Waals surface area contributed by atoms with Crippen molar-refractivity contribution in [3.8, 4) is 0 Å². The summed E-state index contributed by atoms with van der Waals surface area (Å²) in [5, 5.41) is 12.5. The van der Waals surface area contributed by atoms with Gasteiger partial charge in [0.25, 0.3) is 5.91 Å². The molecule has 164 valence electrons. The average molecular weight is 502 g/mol. The lowest BCUT2D eigenvalue weighted by Crippen LogP contribution is -2.65. The standard InChI is InChI=1S/C18H17Cl2N5O4S2/c1-24-18(21-22-23-24)31-8-10-7-30-16-14(28-2)15(26)25(16)13(10)17(27)29-6-9-3-4-11(19)12(20)5-9/h3-5,14,16H,6-8H2,1-2H3/t14-,16+/m0/s1. The molecule has 4 rings (SSSR count). The van der Waals surface area contributed by atoms with E-state index in [9.17, 15) is 9.59 Å². The van der Waals surface area contributed by atoms with Crippen molar-refractivity contribution in [2.75, 3.05) is 18.6 Å². The van der Waals surface area contributed by atoms with Gasteiger partial charge in [-0.15, -0.1) is 16.9 Å². The third kappa shape index (κ3) is 4.42. The Morgan fingerprint density at radius 1 is 1.35 bits per heavy atom. The van der Waals surface area contributed by atoms with Crippen LogP contribution in [0.5, 0.6) is 0 Å². The second-order valence-corrected chi connectivity index (χ2v) is 9.58. The number of tetrazole rings is 1. The molecule has 1 fully saturated rings. The van der Waals surface area contributed by atoms with Crippen LogP contribution in [0.15, 0.2) is 34.6 Å². The molecular formula is C18H17Cl2N5O4S2. The van der Waals surface area contributed by atoms with Gasteiger partial charge in [0, 0.05) is 25.7 Å². The molecule has 2 aliphatic heterocycles. The summed E-state index contributed by atoms with van der Waals surface area (Å²) in [6.45, 7) is 0.000394. The number of hydrogen-bond donors (Lipinski definition) is 0. The van der Waals surface area contributed by atoms with E-state index in [4.69, 9.17) is 32.7 Å². The fourth-order valence-corrected chi connectivity index (χ4v) is 5.85. The predicted molar refractivity (Wildman–Crippen MR) is 117 cm³/mol. The lowest BCUT2D eigenvalue weighted by Gasteiger charge is -2.48. The molecule has 2 aromatic rings. The first-order valence-corrected chi connectivity index (χ1v) is 11.9. The molecule has 2 aliphatic rings. The van der Waals surface area contributed by atoms with Gasteiger partial charge in [0.15, 0.2) is 6.10 Å². The summed E-state index contributed by atoms with van der Waals surface area (Å²) in [5.74, 6) is 0.158. The van der Waals surface area contributed by atoms with E-state index in [1.807, 2.05) is 0 Å². The Kier molecular flexibility index (Phi) is 6.77. The zero-order chi connectivity index (χ0) is 22.1. The van der Waals surface area contributed by atoms with Crippen LogP contribution in [0.2, 0.25) is 10.0 Å². The lowest BCUT2D eigenvalue weighted by molar-refractivity contribution is -0.163. The second-order valence-electron chi connectivity index (χ2n) is 6.72. The van der Waals surface area contributed by atoms with Gasteiger partial charge < -0.3 is 9.47 Å². The van der Waals surface area contributed by atoms with Crippen LogP contribution < -0.4 is 0 Å². The van der Waals surface area contributed by atoms with Gasteiger partial charge in [-0.2, -0.15) is 0 Å². The summed E-state index contributed by atoms with van der Waals surface area (Å²) in [7, 11) is 3.22. The quantitative estimate of drug-likeness (QED) is 0.321. The number of carbonyl (C=O) groups excluding carboxylic acids is 2. The topological polar surface area (TPSA) is 99.4 Å². The largest absolute Gasteiger partial charge is 0.456 e. The molecular weight excluding hydrogens is 485 g/mol. The highest BCUT2D eigenvalue weighted by atomic mass is 35.5. The van der Waals surface area contributed by atoms with E-state index in [1.165, 1.54) is 23.8 Å². The number of carbonyl (C=O) groups is 2. The average Bonchev–Trinajstić information content (AvgIpc) is 3.17. The van der Waals surface area contributed by atoms with Crippen molar-refractivity contribution in [1.82, 2.24) is 25.1 Å². The van der Waals surface area contributed by atoms with Gasteiger partial charge in [0.1, 0.15) is 17.7 Å². The van der Waals surface area contributed by atoms with Crippen LogP contribution in [-0.4, -0.2) is 67.1 Å². The van der Waals surface area contributed by atoms with E-state index in [-0.39, 0.29) is 23.6 Å². The number of halogens is 2. The number of methoxy groups -OCH3 is 1. The molecule has 0 spiro atoms. The molecule has 9 nitrogen and oxygen atoms in total. The summed E-state index contributed by atoms with van der Waals surface area (Å²) in [6.07, 6.45) is -0.569. The van der Waals surface area contributed by atoms with E-state index >= 15 is 0 Å². The number of ether oxygens (including phenoxy) is 2. The monoisotopic (exact) mass is 501 g/mol. The van der Waals surface area contributed by atoms with Crippen LogP contribution in [-0.2, 0) is 32.7 Å². The van der Waals surface area contributed by atoms with Crippen LogP contribution in [0.3, 0.4) is 0 Å². The lowest BCUT2D eigenvalue weighted by atomic mass is 10.1. The molecule has 31 heavy (non-hydrogen) atoms. The van der Waals surface area contributed by atoms with Crippen LogP contribution in [0, 0.1) is 0 Å². The van der Waals surface area contributed by atoms with E-state index in [2.05, 4.69) is 15.5 Å². The number of amides is 1. The summed E-state index contributed by atoms with van der Waals surface area (Å²) < 4.78 is 12.3. The van der Waals surface area contributed by atoms with Crippen molar-refractivity contribution in [3.63, 3.8) is 0 Å². The number of β-lactam (4-membered cyclic amide) rings is 1. The predicted octanol–water partition coefficient (Wildman–Crippen LogP) is 2.54. The number of fused-ring (bicyclic) bond motifs is 1. The minimum atomic E-state index is -0.578. The smallest absolute Gasteiger partial charge is 0.355 e. The molecule has 13 heteroatoms. The zero-order valence-corrected chi connectivity index (χ0v) is 19.6. The molecule has 0 aliphatic carbocycles. The van der Waals surface area contributed by atoms with Gasteiger partial charge >= 0.3 is 5.97 Å². The summed E-state index contributed by atoms with van der Waals surface area (Å²) in [6, 6.07) is 5.00. The van der Waals surface area contributed by atoms with Gasteiger partial charge in [-0.05, 0) is 33.7 Å². The molecule has 3 heterocycles. The summed E-state index contributed by atoms with van der Waals surface area (Å²) >= 11 is 14.9. The highest BCUT2D eigenvalue weighted by Gasteiger charge is 2.54. The fourth-order valence-electron chi connectivity index (χ4n) is 3.17. The molecule has 0 bridgehead atoms. The maximum absolute atomic E-state index is 13.1. The van der Waals surface area contributed by atoms with Gasteiger partial charge in [-0.25, -0.2) is 9.48 Å². The Hall–Kier alpha value is -1.79. The fraction of sp³-hybridized carbons (Fsp3) is 0.389. The molecule has 1 amide bonds. The zero-order valence-electron chi connectivity index (χ0n) is 16.4. The molecule has 1 aromatic heterocycles. The van der Waals surface area contributed by atoms with E-state index in [0.29, 0.717) is 32.3 Å². The van der Waals surface area contributed by atoms with E-state index in [1.54, 1.807) is 41.7 Å². The van der Waals surface area contributed by atoms with Crippen molar-refractivity contribution in [3.05, 3.63) is 45.1 Å². The van der Waals surface area contributed by atoms with Crippen molar-refractivity contribution in [1.29, 1.82) is 0 Å². The number of benzene rings is 1. The van der Waals surface area contributed by atoms with Gasteiger partial charge in [-0.3, -0.25) is 9.69 Å². The maximum Gasteiger partial charge on any atom is 0.355 e. The van der Waals surface area contributed by atoms with Gasteiger partial charge in [-0.1, -0.05) is 41.0 Å². The Labute approximate surface area is 196 Å². The van der Waals surface area contributed by atoms with Crippen molar-refractivity contribution < 1.29 is 19.1 Å². The Morgan fingerprint density at radius 3 is 2.84 bits per heavy atom. The van der Waals surface area contributed by atoms with E-state index in [0.717, 1.165) is 5.57 Å². The Bertz CT molecular complexity index is 1060. The number of rotatable bonds is 7. The Balaban J connectivity index is 1.55. The highest BCUT2D eigenvalue weighted by molar-refractivity contribution is 8.01. The van der Waals surface area contributed by atoms with Crippen LogP contribution >= 0.6 is 46.7 Å². The molecule has 1 aromatic carbocycles. The first-order valence-electron chi connectivity index (χ1n) is 9.06. The minimum absolute atomic E-state index is 0.000394. The minimum Gasteiger partial charge on any atom is -0.456 e. The number of thioether (sulfide) groups is 2. The van der Waals surface area contributed by atoms with Crippen molar-refractivity contribution in [2.24, 2.45) is 7.05 Å². The second kappa shape index (κ2) is 9.37. The number of esters is 1.